The van der Waals surface area contributed by atoms with Crippen LogP contribution in [0, 0.1) is 17.8 Å². The minimum absolute atomic E-state index is 0.00542. The Labute approximate surface area is 124 Å². The van der Waals surface area contributed by atoms with E-state index in [9.17, 15) is 8.42 Å². The summed E-state index contributed by atoms with van der Waals surface area (Å²) in [6, 6.07) is 5.07. The van der Waals surface area contributed by atoms with Gasteiger partial charge in [0.05, 0.1) is 23.1 Å². The van der Waals surface area contributed by atoms with Gasteiger partial charge >= 0.3 is 0 Å². The second-order valence-electron chi connectivity index (χ2n) is 4.86. The average molecular weight is 314 g/mol. The molecular formula is C14H16ClNO3S. The summed E-state index contributed by atoms with van der Waals surface area (Å²) >= 11 is 6.12. The molecule has 1 fully saturated rings. The van der Waals surface area contributed by atoms with E-state index in [0.29, 0.717) is 29.2 Å². The first-order chi connectivity index (χ1) is 9.44. The van der Waals surface area contributed by atoms with E-state index in [1.54, 1.807) is 18.2 Å². The Hall–Kier alpha value is -1.22. The van der Waals surface area contributed by atoms with Gasteiger partial charge in [-0.25, -0.2) is 8.42 Å². The fourth-order valence-corrected chi connectivity index (χ4v) is 4.36. The van der Waals surface area contributed by atoms with Crippen LogP contribution in [0.25, 0.3) is 0 Å². The van der Waals surface area contributed by atoms with Gasteiger partial charge in [-0.3, -0.25) is 4.31 Å². The fourth-order valence-electron chi connectivity index (χ4n) is 2.15. The molecule has 0 aromatic heterocycles. The Morgan fingerprint density at radius 2 is 2.25 bits per heavy atom. The molecule has 6 heteroatoms. The lowest BCUT2D eigenvalue weighted by Crippen LogP contribution is -2.25. The molecule has 0 saturated carbocycles. The monoisotopic (exact) mass is 313 g/mol. The smallest absolute Gasteiger partial charge is 0.235 e. The molecule has 20 heavy (non-hydrogen) atoms. The number of benzene rings is 1. The number of hydrogen-bond acceptors (Lipinski definition) is 3. The molecule has 0 aliphatic carbocycles. The molecule has 1 aromatic rings. The second-order valence-corrected chi connectivity index (χ2v) is 7.20. The molecule has 1 aliphatic rings. The lowest BCUT2D eigenvalue weighted by Gasteiger charge is -2.18. The number of aliphatic hydroxyl groups excluding tert-OH is 1. The summed E-state index contributed by atoms with van der Waals surface area (Å²) in [5.74, 6) is 5.92. The SMILES string of the molecule is CC1CN(c2cc(C#CCCO)ccc2Cl)S(=O)(=O)C1. The molecule has 0 bridgehead atoms. The highest BCUT2D eigenvalue weighted by atomic mass is 35.5. The molecular weight excluding hydrogens is 298 g/mol. The van der Waals surface area contributed by atoms with Gasteiger partial charge in [0.25, 0.3) is 0 Å². The van der Waals surface area contributed by atoms with Crippen molar-refractivity contribution in [3.05, 3.63) is 28.8 Å². The topological polar surface area (TPSA) is 57.6 Å². The predicted molar refractivity (Wildman–Crippen MR) is 80.3 cm³/mol. The van der Waals surface area contributed by atoms with E-state index in [4.69, 9.17) is 16.7 Å². The highest BCUT2D eigenvalue weighted by Crippen LogP contribution is 2.33. The summed E-state index contributed by atoms with van der Waals surface area (Å²) in [6.45, 7) is 2.34. The number of hydrogen-bond donors (Lipinski definition) is 1. The van der Waals surface area contributed by atoms with Gasteiger partial charge in [0.1, 0.15) is 0 Å². The van der Waals surface area contributed by atoms with E-state index >= 15 is 0 Å². The summed E-state index contributed by atoms with van der Waals surface area (Å²) in [5, 5.41) is 9.10. The molecule has 1 saturated heterocycles. The maximum absolute atomic E-state index is 12.1. The Morgan fingerprint density at radius 1 is 1.50 bits per heavy atom. The van der Waals surface area contributed by atoms with Gasteiger partial charge in [0.15, 0.2) is 0 Å². The van der Waals surface area contributed by atoms with Crippen LogP contribution in [0.15, 0.2) is 18.2 Å². The third kappa shape index (κ3) is 3.26. The quantitative estimate of drug-likeness (QED) is 0.848. The van der Waals surface area contributed by atoms with Crippen LogP contribution < -0.4 is 4.31 Å². The lowest BCUT2D eigenvalue weighted by molar-refractivity contribution is 0.305. The van der Waals surface area contributed by atoms with Crippen LogP contribution in [0.2, 0.25) is 5.02 Å². The van der Waals surface area contributed by atoms with Crippen LogP contribution in [-0.2, 0) is 10.0 Å². The van der Waals surface area contributed by atoms with Crippen LogP contribution in [0.3, 0.4) is 0 Å². The third-order valence-electron chi connectivity index (χ3n) is 2.99. The van der Waals surface area contributed by atoms with Crippen molar-refractivity contribution in [1.29, 1.82) is 0 Å². The number of rotatable bonds is 2. The van der Waals surface area contributed by atoms with Crippen LogP contribution in [0.1, 0.15) is 18.9 Å². The summed E-state index contributed by atoms with van der Waals surface area (Å²) in [4.78, 5) is 0. The first-order valence-corrected chi connectivity index (χ1v) is 8.32. The summed E-state index contributed by atoms with van der Waals surface area (Å²) in [5.41, 5.74) is 1.17. The molecule has 1 atom stereocenters. The average Bonchev–Trinajstić information content (AvgIpc) is 2.65. The first-order valence-electron chi connectivity index (χ1n) is 6.34. The van der Waals surface area contributed by atoms with Crippen LogP contribution >= 0.6 is 11.6 Å². The molecule has 1 aromatic carbocycles. The van der Waals surface area contributed by atoms with Gasteiger partial charge in [0, 0.05) is 18.5 Å². The molecule has 0 spiro atoms. The minimum Gasteiger partial charge on any atom is -0.395 e. The van der Waals surface area contributed by atoms with Crippen molar-refractivity contribution in [3.8, 4) is 11.8 Å². The maximum Gasteiger partial charge on any atom is 0.235 e. The number of sulfonamides is 1. The third-order valence-corrected chi connectivity index (χ3v) is 5.32. The second kappa shape index (κ2) is 6.04. The molecule has 4 nitrogen and oxygen atoms in total. The summed E-state index contributed by atoms with van der Waals surface area (Å²) in [7, 11) is -3.29. The van der Waals surface area contributed by atoms with Gasteiger partial charge in [0.2, 0.25) is 10.0 Å². The molecule has 0 amide bonds. The van der Waals surface area contributed by atoms with E-state index in [1.165, 1.54) is 4.31 Å². The van der Waals surface area contributed by atoms with E-state index in [-0.39, 0.29) is 18.3 Å². The Kier molecular flexibility index (Phi) is 4.59. The predicted octanol–water partition coefficient (Wildman–Crippen LogP) is 1.86. The van der Waals surface area contributed by atoms with Crippen molar-refractivity contribution in [3.63, 3.8) is 0 Å². The first kappa shape index (κ1) is 15.2. The zero-order valence-electron chi connectivity index (χ0n) is 11.1. The molecule has 1 heterocycles. The van der Waals surface area contributed by atoms with Gasteiger partial charge in [-0.05, 0) is 24.1 Å². The largest absolute Gasteiger partial charge is 0.395 e. The molecule has 1 unspecified atom stereocenters. The highest BCUT2D eigenvalue weighted by Gasteiger charge is 2.34. The van der Waals surface area contributed by atoms with Crippen molar-refractivity contribution in [2.75, 3.05) is 23.2 Å². The standard InChI is InChI=1S/C14H16ClNO3S/c1-11-9-16(20(18,19)10-11)14-8-12(4-2-3-7-17)5-6-13(14)15/h5-6,8,11,17H,3,7,9-10H2,1H3. The Morgan fingerprint density at radius 3 is 2.85 bits per heavy atom. The van der Waals surface area contributed by atoms with E-state index in [1.807, 2.05) is 6.92 Å². The molecule has 0 radical (unpaired) electrons. The number of halogens is 1. The van der Waals surface area contributed by atoms with Crippen LogP contribution in [-0.4, -0.2) is 32.4 Å². The Balaban J connectivity index is 2.37. The van der Waals surface area contributed by atoms with Gasteiger partial charge in [-0.1, -0.05) is 30.4 Å². The number of nitrogens with zero attached hydrogens (tertiary/aromatic N) is 1. The summed E-state index contributed by atoms with van der Waals surface area (Å²) < 4.78 is 25.5. The van der Waals surface area contributed by atoms with E-state index in [2.05, 4.69) is 11.8 Å². The minimum atomic E-state index is -3.29. The Bertz CT molecular complexity index is 661. The van der Waals surface area contributed by atoms with Crippen molar-refractivity contribution in [2.24, 2.45) is 5.92 Å². The zero-order chi connectivity index (χ0) is 14.8. The van der Waals surface area contributed by atoms with Crippen LogP contribution in [0.5, 0.6) is 0 Å². The number of aliphatic hydroxyl groups is 1. The van der Waals surface area contributed by atoms with Crippen LogP contribution in [0.4, 0.5) is 5.69 Å². The lowest BCUT2D eigenvalue weighted by atomic mass is 10.1. The molecule has 1 N–H and O–H groups in total. The summed E-state index contributed by atoms with van der Waals surface area (Å²) in [6.07, 6.45) is 0.386. The van der Waals surface area contributed by atoms with E-state index < -0.39 is 10.0 Å². The van der Waals surface area contributed by atoms with Crippen molar-refractivity contribution < 1.29 is 13.5 Å². The van der Waals surface area contributed by atoms with Crippen molar-refractivity contribution in [1.82, 2.24) is 0 Å². The molecule has 108 valence electrons. The van der Waals surface area contributed by atoms with Gasteiger partial charge in [-0.15, -0.1) is 0 Å². The maximum atomic E-state index is 12.1. The van der Waals surface area contributed by atoms with Gasteiger partial charge in [-0.2, -0.15) is 0 Å². The number of anilines is 1. The van der Waals surface area contributed by atoms with Crippen molar-refractivity contribution >= 4 is 27.3 Å². The fraction of sp³-hybridized carbons (Fsp3) is 0.429. The zero-order valence-corrected chi connectivity index (χ0v) is 12.7. The van der Waals surface area contributed by atoms with Gasteiger partial charge < -0.3 is 5.11 Å². The van der Waals surface area contributed by atoms with Crippen molar-refractivity contribution in [2.45, 2.75) is 13.3 Å². The molecule has 2 rings (SSSR count). The van der Waals surface area contributed by atoms with E-state index in [0.717, 1.165) is 0 Å². The normalized spacial score (nSPS) is 20.6. The highest BCUT2D eigenvalue weighted by molar-refractivity contribution is 7.93. The molecule has 1 aliphatic heterocycles.